The molecule has 0 aliphatic heterocycles. The predicted octanol–water partition coefficient (Wildman–Crippen LogP) is 4.61. The fraction of sp³-hybridized carbons (Fsp3) is 0.333. The standard InChI is InChI=1S/C21H25NO3/c1-13(2)17-12-8-10-15(4)19(17)22-20(23)16(5)25-21(24)18-11-7-6-9-14(18)3/h6-13,16H,1-5H3,(H,22,23). The molecular formula is C21H25NO3. The normalized spacial score (nSPS) is 11.9. The number of amides is 1. The van der Waals surface area contributed by atoms with Crippen LogP contribution in [0.3, 0.4) is 0 Å². The predicted molar refractivity (Wildman–Crippen MR) is 100.0 cm³/mol. The van der Waals surface area contributed by atoms with Crippen molar-refractivity contribution >= 4 is 17.6 Å². The molecule has 0 fully saturated rings. The van der Waals surface area contributed by atoms with E-state index in [2.05, 4.69) is 19.2 Å². The van der Waals surface area contributed by atoms with Crippen LogP contribution in [0.15, 0.2) is 42.5 Å². The largest absolute Gasteiger partial charge is 0.449 e. The highest BCUT2D eigenvalue weighted by molar-refractivity contribution is 5.98. The number of para-hydroxylation sites is 1. The van der Waals surface area contributed by atoms with E-state index in [0.717, 1.165) is 22.4 Å². The number of anilines is 1. The number of hydrogen-bond acceptors (Lipinski definition) is 3. The van der Waals surface area contributed by atoms with Crippen molar-refractivity contribution in [3.05, 3.63) is 64.7 Å². The van der Waals surface area contributed by atoms with Gasteiger partial charge in [-0.25, -0.2) is 4.79 Å². The van der Waals surface area contributed by atoms with Crippen LogP contribution in [0.1, 0.15) is 53.7 Å². The van der Waals surface area contributed by atoms with Crippen LogP contribution in [0.5, 0.6) is 0 Å². The molecule has 0 aliphatic rings. The van der Waals surface area contributed by atoms with Crippen LogP contribution < -0.4 is 5.32 Å². The SMILES string of the molecule is Cc1ccccc1C(=O)OC(C)C(=O)Nc1c(C)cccc1C(C)C. The number of nitrogens with one attached hydrogen (secondary N) is 1. The van der Waals surface area contributed by atoms with Gasteiger partial charge in [0.05, 0.1) is 5.56 Å². The Morgan fingerprint density at radius 1 is 0.920 bits per heavy atom. The second-order valence-electron chi connectivity index (χ2n) is 6.55. The Bertz CT molecular complexity index is 780. The van der Waals surface area contributed by atoms with Crippen LogP contribution in [-0.2, 0) is 9.53 Å². The molecule has 0 aliphatic carbocycles. The van der Waals surface area contributed by atoms with Gasteiger partial charge in [-0.2, -0.15) is 0 Å². The zero-order valence-electron chi connectivity index (χ0n) is 15.4. The molecule has 0 bridgehead atoms. The molecule has 2 rings (SSSR count). The van der Waals surface area contributed by atoms with Gasteiger partial charge in [0.25, 0.3) is 5.91 Å². The molecule has 1 unspecified atom stereocenters. The number of aryl methyl sites for hydroxylation is 2. The van der Waals surface area contributed by atoms with Gasteiger partial charge in [0, 0.05) is 5.69 Å². The zero-order valence-corrected chi connectivity index (χ0v) is 15.4. The number of benzene rings is 2. The van der Waals surface area contributed by atoms with Crippen molar-refractivity contribution in [2.24, 2.45) is 0 Å². The maximum atomic E-state index is 12.5. The van der Waals surface area contributed by atoms with Crippen LogP contribution in [0, 0.1) is 13.8 Å². The van der Waals surface area contributed by atoms with Crippen LogP contribution >= 0.6 is 0 Å². The summed E-state index contributed by atoms with van der Waals surface area (Å²) in [5.74, 6) is -0.548. The van der Waals surface area contributed by atoms with Gasteiger partial charge >= 0.3 is 5.97 Å². The van der Waals surface area contributed by atoms with E-state index in [4.69, 9.17) is 4.74 Å². The van der Waals surface area contributed by atoms with E-state index < -0.39 is 12.1 Å². The summed E-state index contributed by atoms with van der Waals surface area (Å²) in [5.41, 5.74) is 4.13. The van der Waals surface area contributed by atoms with Crippen molar-refractivity contribution in [2.45, 2.75) is 46.6 Å². The van der Waals surface area contributed by atoms with Gasteiger partial charge in [-0.3, -0.25) is 4.79 Å². The van der Waals surface area contributed by atoms with E-state index in [1.807, 2.05) is 44.2 Å². The molecule has 0 aromatic heterocycles. The Balaban J connectivity index is 2.12. The number of rotatable bonds is 5. The lowest BCUT2D eigenvalue weighted by Gasteiger charge is -2.19. The van der Waals surface area contributed by atoms with E-state index in [1.54, 1.807) is 19.1 Å². The number of hydrogen-bond donors (Lipinski definition) is 1. The third-order valence-electron chi connectivity index (χ3n) is 4.19. The first-order valence-corrected chi connectivity index (χ1v) is 8.48. The first-order valence-electron chi connectivity index (χ1n) is 8.48. The van der Waals surface area contributed by atoms with Crippen molar-refractivity contribution < 1.29 is 14.3 Å². The molecule has 0 heterocycles. The van der Waals surface area contributed by atoms with Crippen LogP contribution in [0.25, 0.3) is 0 Å². The molecule has 0 saturated carbocycles. The molecule has 1 amide bonds. The number of ether oxygens (including phenoxy) is 1. The van der Waals surface area contributed by atoms with Gasteiger partial charge in [0.2, 0.25) is 0 Å². The first kappa shape index (κ1) is 18.7. The third-order valence-corrected chi connectivity index (χ3v) is 4.19. The lowest BCUT2D eigenvalue weighted by atomic mass is 9.98. The summed E-state index contributed by atoms with van der Waals surface area (Å²) in [6.07, 6.45) is -0.883. The molecule has 132 valence electrons. The average Bonchev–Trinajstić information content (AvgIpc) is 2.56. The first-order chi connectivity index (χ1) is 11.8. The Morgan fingerprint density at radius 2 is 1.56 bits per heavy atom. The highest BCUT2D eigenvalue weighted by atomic mass is 16.5. The summed E-state index contributed by atoms with van der Waals surface area (Å²) < 4.78 is 5.34. The summed E-state index contributed by atoms with van der Waals surface area (Å²) >= 11 is 0. The molecule has 2 aromatic carbocycles. The fourth-order valence-corrected chi connectivity index (χ4v) is 2.65. The molecule has 0 spiro atoms. The Morgan fingerprint density at radius 3 is 2.20 bits per heavy atom. The van der Waals surface area contributed by atoms with Gasteiger partial charge in [-0.05, 0) is 49.4 Å². The molecule has 4 nitrogen and oxygen atoms in total. The minimum Gasteiger partial charge on any atom is -0.449 e. The molecule has 0 saturated heterocycles. The van der Waals surface area contributed by atoms with Crippen molar-refractivity contribution in [1.29, 1.82) is 0 Å². The number of esters is 1. The summed E-state index contributed by atoms with van der Waals surface area (Å²) in [5, 5.41) is 2.92. The van der Waals surface area contributed by atoms with Gasteiger partial charge < -0.3 is 10.1 Å². The van der Waals surface area contributed by atoms with Crippen molar-refractivity contribution in [3.63, 3.8) is 0 Å². The molecule has 2 aromatic rings. The second-order valence-corrected chi connectivity index (χ2v) is 6.55. The summed E-state index contributed by atoms with van der Waals surface area (Å²) in [7, 11) is 0. The quantitative estimate of drug-likeness (QED) is 0.809. The third kappa shape index (κ3) is 4.47. The van der Waals surface area contributed by atoms with E-state index in [0.29, 0.717) is 5.56 Å². The van der Waals surface area contributed by atoms with E-state index in [1.165, 1.54) is 0 Å². The molecular weight excluding hydrogens is 314 g/mol. The maximum Gasteiger partial charge on any atom is 0.339 e. The molecule has 1 N–H and O–H groups in total. The van der Waals surface area contributed by atoms with Crippen LogP contribution in [0.2, 0.25) is 0 Å². The average molecular weight is 339 g/mol. The van der Waals surface area contributed by atoms with Crippen LogP contribution in [0.4, 0.5) is 5.69 Å². The monoisotopic (exact) mass is 339 g/mol. The van der Waals surface area contributed by atoms with Gasteiger partial charge in [0.15, 0.2) is 6.10 Å². The zero-order chi connectivity index (χ0) is 18.6. The van der Waals surface area contributed by atoms with E-state index in [9.17, 15) is 9.59 Å². The number of carbonyl (C=O) groups is 2. The molecule has 0 radical (unpaired) electrons. The highest BCUT2D eigenvalue weighted by Crippen LogP contribution is 2.27. The smallest absolute Gasteiger partial charge is 0.339 e. The topological polar surface area (TPSA) is 55.4 Å². The highest BCUT2D eigenvalue weighted by Gasteiger charge is 2.21. The van der Waals surface area contributed by atoms with Gasteiger partial charge in [0.1, 0.15) is 0 Å². The summed E-state index contributed by atoms with van der Waals surface area (Å²) in [6, 6.07) is 13.1. The minimum absolute atomic E-state index is 0.278. The van der Waals surface area contributed by atoms with E-state index >= 15 is 0 Å². The lowest BCUT2D eigenvalue weighted by molar-refractivity contribution is -0.123. The van der Waals surface area contributed by atoms with Crippen molar-refractivity contribution in [3.8, 4) is 0 Å². The van der Waals surface area contributed by atoms with Crippen molar-refractivity contribution in [2.75, 3.05) is 5.32 Å². The second kappa shape index (κ2) is 7.97. The molecule has 4 heteroatoms. The van der Waals surface area contributed by atoms with Gasteiger partial charge in [-0.15, -0.1) is 0 Å². The van der Waals surface area contributed by atoms with Crippen LogP contribution in [-0.4, -0.2) is 18.0 Å². The van der Waals surface area contributed by atoms with Crippen molar-refractivity contribution in [1.82, 2.24) is 0 Å². The molecule has 1 atom stereocenters. The van der Waals surface area contributed by atoms with Gasteiger partial charge in [-0.1, -0.05) is 50.2 Å². The lowest BCUT2D eigenvalue weighted by Crippen LogP contribution is -2.30. The minimum atomic E-state index is -0.883. The number of carbonyl (C=O) groups excluding carboxylic acids is 2. The summed E-state index contributed by atoms with van der Waals surface area (Å²) in [4.78, 5) is 24.8. The Kier molecular flexibility index (Phi) is 5.97. The molecule has 25 heavy (non-hydrogen) atoms. The van der Waals surface area contributed by atoms with E-state index in [-0.39, 0.29) is 11.8 Å². The summed E-state index contributed by atoms with van der Waals surface area (Å²) in [6.45, 7) is 9.52. The fourth-order valence-electron chi connectivity index (χ4n) is 2.65. The Hall–Kier alpha value is -2.62. The Labute approximate surface area is 149 Å². The maximum absolute atomic E-state index is 12.5.